The Morgan fingerprint density at radius 2 is 2.15 bits per heavy atom. The number of rotatable bonds is 2. The SMILES string of the molecule is Cc1ncc2c(n1)CCN(Cc1c(C)cccc1Cl)C2. The molecule has 0 amide bonds. The van der Waals surface area contributed by atoms with E-state index in [1.807, 2.05) is 25.3 Å². The Morgan fingerprint density at radius 3 is 2.95 bits per heavy atom. The van der Waals surface area contributed by atoms with Gasteiger partial charge in [-0.25, -0.2) is 9.97 Å². The number of aromatic nitrogens is 2. The van der Waals surface area contributed by atoms with Gasteiger partial charge in [-0.1, -0.05) is 23.7 Å². The summed E-state index contributed by atoms with van der Waals surface area (Å²) in [5, 5.41) is 0.857. The quantitative estimate of drug-likeness (QED) is 0.848. The summed E-state index contributed by atoms with van der Waals surface area (Å²) in [6, 6.07) is 6.09. The Balaban J connectivity index is 1.79. The van der Waals surface area contributed by atoms with E-state index in [-0.39, 0.29) is 0 Å². The molecule has 0 N–H and O–H groups in total. The van der Waals surface area contributed by atoms with E-state index >= 15 is 0 Å². The van der Waals surface area contributed by atoms with E-state index in [2.05, 4.69) is 27.9 Å². The number of hydrogen-bond donors (Lipinski definition) is 0. The third-order valence-corrected chi connectivity index (χ3v) is 4.22. The number of aryl methyl sites for hydroxylation is 2. The van der Waals surface area contributed by atoms with Gasteiger partial charge in [-0.2, -0.15) is 0 Å². The van der Waals surface area contributed by atoms with Crippen molar-refractivity contribution < 1.29 is 0 Å². The molecule has 104 valence electrons. The molecule has 0 aliphatic carbocycles. The second-order valence-electron chi connectivity index (χ2n) is 5.39. The smallest absolute Gasteiger partial charge is 0.125 e. The molecular weight excluding hydrogens is 270 g/mol. The molecule has 0 atom stereocenters. The minimum absolute atomic E-state index is 0.857. The molecule has 0 spiro atoms. The third kappa shape index (κ3) is 2.69. The van der Waals surface area contributed by atoms with E-state index in [1.54, 1.807) is 0 Å². The van der Waals surface area contributed by atoms with Crippen LogP contribution in [0, 0.1) is 13.8 Å². The lowest BCUT2D eigenvalue weighted by atomic mass is 10.0. The Kier molecular flexibility index (Phi) is 3.72. The molecule has 2 heterocycles. The van der Waals surface area contributed by atoms with E-state index in [9.17, 15) is 0 Å². The molecule has 3 nitrogen and oxygen atoms in total. The predicted molar refractivity (Wildman–Crippen MR) is 80.8 cm³/mol. The monoisotopic (exact) mass is 287 g/mol. The van der Waals surface area contributed by atoms with Crippen LogP contribution in [0.25, 0.3) is 0 Å². The van der Waals surface area contributed by atoms with Crippen molar-refractivity contribution in [3.63, 3.8) is 0 Å². The largest absolute Gasteiger partial charge is 0.294 e. The molecule has 3 rings (SSSR count). The van der Waals surface area contributed by atoms with Gasteiger partial charge >= 0.3 is 0 Å². The molecular formula is C16H18ClN3. The number of hydrogen-bond acceptors (Lipinski definition) is 3. The van der Waals surface area contributed by atoms with Gasteiger partial charge in [-0.05, 0) is 31.0 Å². The first-order chi connectivity index (χ1) is 9.63. The lowest BCUT2D eigenvalue weighted by Gasteiger charge is -2.28. The first-order valence-electron chi connectivity index (χ1n) is 6.91. The second kappa shape index (κ2) is 5.51. The fraction of sp³-hybridized carbons (Fsp3) is 0.375. The van der Waals surface area contributed by atoms with Crippen LogP contribution in [-0.2, 0) is 19.5 Å². The number of nitrogens with zero attached hydrogens (tertiary/aromatic N) is 3. The van der Waals surface area contributed by atoms with Crippen LogP contribution in [0.15, 0.2) is 24.4 Å². The first kappa shape index (κ1) is 13.5. The highest BCUT2D eigenvalue weighted by molar-refractivity contribution is 6.31. The highest BCUT2D eigenvalue weighted by Crippen LogP contribution is 2.24. The molecule has 2 aromatic rings. The average molecular weight is 288 g/mol. The van der Waals surface area contributed by atoms with Gasteiger partial charge in [0.05, 0.1) is 0 Å². The molecule has 1 aliphatic rings. The van der Waals surface area contributed by atoms with Gasteiger partial charge in [0, 0.05) is 48.5 Å². The molecule has 20 heavy (non-hydrogen) atoms. The van der Waals surface area contributed by atoms with Crippen molar-refractivity contribution in [2.75, 3.05) is 6.54 Å². The molecule has 0 bridgehead atoms. The van der Waals surface area contributed by atoms with E-state index in [4.69, 9.17) is 11.6 Å². The minimum atomic E-state index is 0.857. The van der Waals surface area contributed by atoms with Crippen molar-refractivity contribution >= 4 is 11.6 Å². The van der Waals surface area contributed by atoms with Gasteiger partial charge in [0.15, 0.2) is 0 Å². The Labute approximate surface area is 124 Å². The highest BCUT2D eigenvalue weighted by Gasteiger charge is 2.19. The maximum absolute atomic E-state index is 6.32. The zero-order valence-corrected chi connectivity index (χ0v) is 12.6. The van der Waals surface area contributed by atoms with Crippen LogP contribution in [0.2, 0.25) is 5.02 Å². The topological polar surface area (TPSA) is 29.0 Å². The van der Waals surface area contributed by atoms with Crippen LogP contribution in [0.5, 0.6) is 0 Å². The van der Waals surface area contributed by atoms with Gasteiger partial charge < -0.3 is 0 Å². The number of fused-ring (bicyclic) bond motifs is 1. The van der Waals surface area contributed by atoms with Gasteiger partial charge in [0.2, 0.25) is 0 Å². The van der Waals surface area contributed by atoms with E-state index < -0.39 is 0 Å². The Hall–Kier alpha value is -1.45. The zero-order chi connectivity index (χ0) is 14.1. The summed E-state index contributed by atoms with van der Waals surface area (Å²) in [6.07, 6.45) is 2.95. The summed E-state index contributed by atoms with van der Waals surface area (Å²) in [6.45, 7) is 6.87. The van der Waals surface area contributed by atoms with Crippen molar-refractivity contribution in [1.29, 1.82) is 0 Å². The van der Waals surface area contributed by atoms with Crippen LogP contribution in [-0.4, -0.2) is 21.4 Å². The van der Waals surface area contributed by atoms with E-state index in [1.165, 1.54) is 22.4 Å². The highest BCUT2D eigenvalue weighted by atomic mass is 35.5. The zero-order valence-electron chi connectivity index (χ0n) is 11.9. The van der Waals surface area contributed by atoms with Crippen molar-refractivity contribution in [2.24, 2.45) is 0 Å². The minimum Gasteiger partial charge on any atom is -0.294 e. The van der Waals surface area contributed by atoms with Gasteiger partial charge in [0.1, 0.15) is 5.82 Å². The lowest BCUT2D eigenvalue weighted by Crippen LogP contribution is -2.31. The fourth-order valence-corrected chi connectivity index (χ4v) is 2.98. The van der Waals surface area contributed by atoms with Crippen LogP contribution < -0.4 is 0 Å². The molecule has 1 aromatic heterocycles. The first-order valence-corrected chi connectivity index (χ1v) is 7.29. The van der Waals surface area contributed by atoms with Crippen LogP contribution in [0.1, 0.15) is 28.2 Å². The normalized spacial score (nSPS) is 15.2. The molecule has 4 heteroatoms. The molecule has 0 saturated heterocycles. The Bertz CT molecular complexity index is 619. The number of halogens is 1. The van der Waals surface area contributed by atoms with E-state index in [0.29, 0.717) is 0 Å². The Morgan fingerprint density at radius 1 is 1.30 bits per heavy atom. The van der Waals surface area contributed by atoms with Crippen molar-refractivity contribution in [2.45, 2.75) is 33.4 Å². The summed E-state index contributed by atoms with van der Waals surface area (Å²) in [4.78, 5) is 11.2. The lowest BCUT2D eigenvalue weighted by molar-refractivity contribution is 0.242. The van der Waals surface area contributed by atoms with Crippen LogP contribution >= 0.6 is 11.6 Å². The van der Waals surface area contributed by atoms with Crippen LogP contribution in [0.4, 0.5) is 0 Å². The molecule has 0 unspecified atom stereocenters. The molecule has 0 fully saturated rings. The summed E-state index contributed by atoms with van der Waals surface area (Å²) >= 11 is 6.32. The molecule has 1 aliphatic heterocycles. The third-order valence-electron chi connectivity index (χ3n) is 3.87. The number of benzene rings is 1. The standard InChI is InChI=1S/C16H18ClN3/c1-11-4-3-5-15(17)14(11)10-20-7-6-16-13(9-20)8-18-12(2)19-16/h3-5,8H,6-7,9-10H2,1-2H3. The fourth-order valence-electron chi connectivity index (χ4n) is 2.70. The van der Waals surface area contributed by atoms with Crippen LogP contribution in [0.3, 0.4) is 0 Å². The maximum Gasteiger partial charge on any atom is 0.125 e. The predicted octanol–water partition coefficient (Wildman–Crippen LogP) is 3.31. The summed E-state index contributed by atoms with van der Waals surface area (Å²) in [5.74, 6) is 0.860. The summed E-state index contributed by atoms with van der Waals surface area (Å²) in [7, 11) is 0. The summed E-state index contributed by atoms with van der Waals surface area (Å²) < 4.78 is 0. The van der Waals surface area contributed by atoms with Gasteiger partial charge in [-0.3, -0.25) is 4.90 Å². The molecule has 0 saturated carbocycles. The second-order valence-corrected chi connectivity index (χ2v) is 5.79. The van der Waals surface area contributed by atoms with Crippen molar-refractivity contribution in [1.82, 2.24) is 14.9 Å². The molecule has 1 aromatic carbocycles. The maximum atomic E-state index is 6.32. The van der Waals surface area contributed by atoms with E-state index in [0.717, 1.165) is 36.9 Å². The molecule has 0 radical (unpaired) electrons. The van der Waals surface area contributed by atoms with Crippen molar-refractivity contribution in [3.05, 3.63) is 57.6 Å². The average Bonchev–Trinajstić information content (AvgIpc) is 2.43. The van der Waals surface area contributed by atoms with Gasteiger partial charge in [-0.15, -0.1) is 0 Å². The van der Waals surface area contributed by atoms with Gasteiger partial charge in [0.25, 0.3) is 0 Å². The van der Waals surface area contributed by atoms with Crippen molar-refractivity contribution in [3.8, 4) is 0 Å². The summed E-state index contributed by atoms with van der Waals surface area (Å²) in [5.41, 5.74) is 4.92.